The van der Waals surface area contributed by atoms with E-state index in [4.69, 9.17) is 0 Å². The maximum atomic E-state index is 9.56. The Kier molecular flexibility index (Phi) is 3.75. The van der Waals surface area contributed by atoms with E-state index < -0.39 is 0 Å². The van der Waals surface area contributed by atoms with Crippen molar-refractivity contribution in [2.45, 2.75) is 12.0 Å². The van der Waals surface area contributed by atoms with Gasteiger partial charge in [0.05, 0.1) is 17.7 Å². The first-order valence-corrected chi connectivity index (χ1v) is 8.05. The number of hydrogen-bond acceptors (Lipinski definition) is 3. The molecule has 24 heavy (non-hydrogen) atoms. The van der Waals surface area contributed by atoms with Gasteiger partial charge in [-0.15, -0.1) is 0 Å². The van der Waals surface area contributed by atoms with Gasteiger partial charge in [-0.1, -0.05) is 60.7 Å². The summed E-state index contributed by atoms with van der Waals surface area (Å²) < 4.78 is 0. The molecule has 3 nitrogen and oxygen atoms in total. The van der Waals surface area contributed by atoms with E-state index in [2.05, 4.69) is 59.1 Å². The largest absolute Gasteiger partial charge is 0.508 e. The fraction of sp³-hybridized carbons (Fsp3) is 0.0952. The normalized spacial score (nSPS) is 19.6. The quantitative estimate of drug-likeness (QED) is 0.760. The van der Waals surface area contributed by atoms with E-state index >= 15 is 0 Å². The molecule has 3 aromatic rings. The zero-order valence-electron chi connectivity index (χ0n) is 13.1. The number of phenols is 1. The van der Waals surface area contributed by atoms with Gasteiger partial charge in [-0.3, -0.25) is 0 Å². The van der Waals surface area contributed by atoms with Crippen molar-refractivity contribution in [2.75, 3.05) is 0 Å². The fourth-order valence-corrected chi connectivity index (χ4v) is 3.26. The summed E-state index contributed by atoms with van der Waals surface area (Å²) in [7, 11) is 0. The van der Waals surface area contributed by atoms with Gasteiger partial charge in [-0.05, 0) is 41.0 Å². The highest BCUT2D eigenvalue weighted by atomic mass is 16.3. The van der Waals surface area contributed by atoms with Gasteiger partial charge in [0, 0.05) is 0 Å². The minimum absolute atomic E-state index is 0.0948. The summed E-state index contributed by atoms with van der Waals surface area (Å²) in [5.41, 5.74) is 7.76. The maximum absolute atomic E-state index is 9.56. The molecule has 3 aromatic carbocycles. The molecule has 118 valence electrons. The van der Waals surface area contributed by atoms with Crippen LogP contribution in [0, 0.1) is 0 Å². The molecule has 0 amide bonds. The topological polar surface area (TPSA) is 44.6 Å². The van der Waals surface area contributed by atoms with Crippen molar-refractivity contribution in [1.82, 2.24) is 5.43 Å². The molecule has 0 spiro atoms. The molecule has 0 fully saturated rings. The lowest BCUT2D eigenvalue weighted by Gasteiger charge is -2.22. The van der Waals surface area contributed by atoms with E-state index in [1.807, 2.05) is 24.3 Å². The summed E-state index contributed by atoms with van der Waals surface area (Å²) in [6, 6.07) is 28.2. The van der Waals surface area contributed by atoms with Crippen molar-refractivity contribution in [3.8, 4) is 5.75 Å². The van der Waals surface area contributed by atoms with Crippen LogP contribution in [0.1, 0.15) is 28.7 Å². The number of hydrogen-bond donors (Lipinski definition) is 2. The molecule has 2 atom stereocenters. The maximum Gasteiger partial charge on any atom is 0.115 e. The molecule has 0 bridgehead atoms. The Bertz CT molecular complexity index is 842. The van der Waals surface area contributed by atoms with Gasteiger partial charge in [0.1, 0.15) is 5.75 Å². The van der Waals surface area contributed by atoms with Crippen molar-refractivity contribution in [1.29, 1.82) is 0 Å². The molecule has 4 rings (SSSR count). The molecule has 2 unspecified atom stereocenters. The molecular weight excluding hydrogens is 296 g/mol. The molecule has 1 heterocycles. The van der Waals surface area contributed by atoms with Gasteiger partial charge >= 0.3 is 0 Å². The van der Waals surface area contributed by atoms with Crippen LogP contribution >= 0.6 is 0 Å². The van der Waals surface area contributed by atoms with Crippen molar-refractivity contribution >= 4 is 5.71 Å². The van der Waals surface area contributed by atoms with Gasteiger partial charge in [-0.2, -0.15) is 5.10 Å². The summed E-state index contributed by atoms with van der Waals surface area (Å²) in [5.74, 6) is 0.388. The number of phenolic OH excluding ortho intramolecular Hbond substituents is 1. The van der Waals surface area contributed by atoms with E-state index in [1.165, 1.54) is 11.1 Å². The molecule has 1 aliphatic heterocycles. The zero-order chi connectivity index (χ0) is 16.4. The number of nitrogens with zero attached hydrogens (tertiary/aromatic N) is 1. The summed E-state index contributed by atoms with van der Waals surface area (Å²) in [6.07, 6.45) is 0. The first-order chi connectivity index (χ1) is 11.8. The van der Waals surface area contributed by atoms with E-state index in [1.54, 1.807) is 12.1 Å². The second kappa shape index (κ2) is 6.20. The third kappa shape index (κ3) is 2.65. The first-order valence-electron chi connectivity index (χ1n) is 8.05. The summed E-state index contributed by atoms with van der Waals surface area (Å²) in [4.78, 5) is 0. The molecule has 0 aromatic heterocycles. The van der Waals surface area contributed by atoms with Crippen LogP contribution in [0.25, 0.3) is 0 Å². The van der Waals surface area contributed by atoms with E-state index in [9.17, 15) is 5.11 Å². The Morgan fingerprint density at radius 2 is 1.29 bits per heavy atom. The lowest BCUT2D eigenvalue weighted by molar-refractivity contribution is 0.475. The molecule has 3 heteroatoms. The summed E-state index contributed by atoms with van der Waals surface area (Å²) in [6.45, 7) is 0. The van der Waals surface area contributed by atoms with E-state index in [-0.39, 0.29) is 17.7 Å². The molecular formula is C21H18N2O. The number of nitrogens with one attached hydrogen (secondary N) is 1. The number of aromatic hydroxyl groups is 1. The monoisotopic (exact) mass is 314 g/mol. The number of benzene rings is 3. The van der Waals surface area contributed by atoms with Crippen LogP contribution in [0.2, 0.25) is 0 Å². The Morgan fingerprint density at radius 1 is 0.708 bits per heavy atom. The smallest absolute Gasteiger partial charge is 0.115 e. The van der Waals surface area contributed by atoms with Crippen molar-refractivity contribution in [3.05, 3.63) is 102 Å². The number of rotatable bonds is 3. The molecule has 0 radical (unpaired) electrons. The van der Waals surface area contributed by atoms with Crippen LogP contribution in [0.15, 0.2) is 90.0 Å². The highest BCUT2D eigenvalue weighted by Crippen LogP contribution is 2.38. The zero-order valence-corrected chi connectivity index (χ0v) is 13.1. The fourth-order valence-electron chi connectivity index (χ4n) is 3.26. The standard InChI is InChI=1S/C21H18N2O/c24-18-13-11-17(12-14-18)21-19(15-7-3-1-4-8-15)20(22-23-21)16-9-5-2-6-10-16/h1-14,19-20,22,24H. The Labute approximate surface area is 141 Å². The molecule has 2 N–H and O–H groups in total. The van der Waals surface area contributed by atoms with Gasteiger partial charge in [0.15, 0.2) is 0 Å². The van der Waals surface area contributed by atoms with Gasteiger partial charge in [0.2, 0.25) is 0 Å². The lowest BCUT2D eigenvalue weighted by atomic mass is 9.82. The first kappa shape index (κ1) is 14.5. The summed E-state index contributed by atoms with van der Waals surface area (Å²) >= 11 is 0. The molecule has 1 aliphatic rings. The van der Waals surface area contributed by atoms with Gasteiger partial charge in [-0.25, -0.2) is 0 Å². The SMILES string of the molecule is Oc1ccc(C2=NNC(c3ccccc3)C2c2ccccc2)cc1. The number of hydrazone groups is 1. The highest BCUT2D eigenvalue weighted by Gasteiger charge is 2.34. The molecule has 0 saturated carbocycles. The van der Waals surface area contributed by atoms with Crippen molar-refractivity contribution in [3.63, 3.8) is 0 Å². The second-order valence-corrected chi connectivity index (χ2v) is 5.95. The second-order valence-electron chi connectivity index (χ2n) is 5.95. The van der Waals surface area contributed by atoms with Crippen LogP contribution in [-0.4, -0.2) is 10.8 Å². The van der Waals surface area contributed by atoms with Crippen LogP contribution < -0.4 is 5.43 Å². The van der Waals surface area contributed by atoms with Crippen LogP contribution in [0.3, 0.4) is 0 Å². The average molecular weight is 314 g/mol. The van der Waals surface area contributed by atoms with Crippen LogP contribution in [0.5, 0.6) is 5.75 Å². The predicted molar refractivity (Wildman–Crippen MR) is 96.1 cm³/mol. The van der Waals surface area contributed by atoms with E-state index in [0.717, 1.165) is 11.3 Å². The third-order valence-corrected chi connectivity index (χ3v) is 4.43. The highest BCUT2D eigenvalue weighted by molar-refractivity contribution is 6.06. The Morgan fingerprint density at radius 3 is 1.92 bits per heavy atom. The minimum atomic E-state index is 0.0948. The van der Waals surface area contributed by atoms with Gasteiger partial charge < -0.3 is 10.5 Å². The Hall–Kier alpha value is -3.07. The van der Waals surface area contributed by atoms with Crippen LogP contribution in [0.4, 0.5) is 0 Å². The molecule has 0 aliphatic carbocycles. The van der Waals surface area contributed by atoms with Crippen molar-refractivity contribution in [2.24, 2.45) is 5.10 Å². The average Bonchev–Trinajstić information content (AvgIpc) is 3.09. The third-order valence-electron chi connectivity index (χ3n) is 4.43. The minimum Gasteiger partial charge on any atom is -0.508 e. The van der Waals surface area contributed by atoms with Crippen molar-refractivity contribution < 1.29 is 5.11 Å². The van der Waals surface area contributed by atoms with Gasteiger partial charge in [0.25, 0.3) is 0 Å². The predicted octanol–water partition coefficient (Wildman–Crippen LogP) is 4.22. The molecule has 0 saturated heterocycles. The summed E-state index contributed by atoms with van der Waals surface area (Å²) in [5, 5.41) is 14.2. The van der Waals surface area contributed by atoms with E-state index in [0.29, 0.717) is 0 Å². The lowest BCUT2D eigenvalue weighted by Crippen LogP contribution is -2.20. The van der Waals surface area contributed by atoms with Crippen LogP contribution in [-0.2, 0) is 0 Å². The Balaban J connectivity index is 1.78.